The predicted molar refractivity (Wildman–Crippen MR) is 136 cm³/mol. The van der Waals surface area contributed by atoms with Crippen LogP contribution in [0.5, 0.6) is 11.5 Å². The first-order valence-corrected chi connectivity index (χ1v) is 12.0. The molecule has 3 aromatic carbocycles. The van der Waals surface area contributed by atoms with Crippen molar-refractivity contribution in [3.8, 4) is 22.6 Å². The van der Waals surface area contributed by atoms with Gasteiger partial charge in [0.1, 0.15) is 5.75 Å². The normalized spacial score (nSPS) is 10.6. The van der Waals surface area contributed by atoms with Crippen LogP contribution in [0.1, 0.15) is 66.2 Å². The third-order valence-corrected chi connectivity index (χ3v) is 5.68. The molecule has 0 amide bonds. The van der Waals surface area contributed by atoms with Gasteiger partial charge in [0.25, 0.3) is 0 Å². The van der Waals surface area contributed by atoms with Gasteiger partial charge in [-0.3, -0.25) is 10.1 Å². The Bertz CT molecular complexity index is 1190. The average Bonchev–Trinajstić information content (AvgIpc) is 2.88. The van der Waals surface area contributed by atoms with Gasteiger partial charge in [-0.05, 0) is 53.9 Å². The van der Waals surface area contributed by atoms with Gasteiger partial charge in [-0.2, -0.15) is 0 Å². The zero-order valence-corrected chi connectivity index (χ0v) is 20.1. The highest BCUT2D eigenvalue weighted by Crippen LogP contribution is 2.29. The molecule has 0 saturated carbocycles. The van der Waals surface area contributed by atoms with E-state index in [9.17, 15) is 19.7 Å². The lowest BCUT2D eigenvalue weighted by molar-refractivity contribution is -0.385. The Morgan fingerprint density at radius 3 is 2.03 bits per heavy atom. The second-order valence-corrected chi connectivity index (χ2v) is 8.35. The summed E-state index contributed by atoms with van der Waals surface area (Å²) < 4.78 is 11.0. The van der Waals surface area contributed by atoms with Crippen molar-refractivity contribution in [2.24, 2.45) is 0 Å². The van der Waals surface area contributed by atoms with Gasteiger partial charge in [-0.15, -0.1) is 0 Å². The highest BCUT2D eigenvalue weighted by atomic mass is 16.6. The first-order valence-electron chi connectivity index (χ1n) is 12.0. The topological polar surface area (TPSA) is 116 Å². The fraction of sp³-hybridized carbons (Fsp3) is 0.286. The quantitative estimate of drug-likeness (QED) is 0.0907. The lowest BCUT2D eigenvalue weighted by Gasteiger charge is -2.09. The van der Waals surface area contributed by atoms with Gasteiger partial charge in [0.2, 0.25) is 0 Å². The molecule has 0 heterocycles. The number of benzene rings is 3. The van der Waals surface area contributed by atoms with Crippen molar-refractivity contribution in [1.29, 1.82) is 0 Å². The number of rotatable bonds is 13. The molecular formula is C28H29NO7. The molecule has 0 bridgehead atoms. The minimum absolute atomic E-state index is 0.0435. The zero-order chi connectivity index (χ0) is 25.9. The molecular weight excluding hydrogens is 462 g/mol. The van der Waals surface area contributed by atoms with Crippen LogP contribution in [0, 0.1) is 10.1 Å². The van der Waals surface area contributed by atoms with Crippen molar-refractivity contribution in [1.82, 2.24) is 0 Å². The van der Waals surface area contributed by atoms with Gasteiger partial charge in [-0.25, -0.2) is 9.59 Å². The third-order valence-electron chi connectivity index (χ3n) is 5.68. The number of unbranched alkanes of at least 4 members (excludes halogenated alkanes) is 5. The molecule has 188 valence electrons. The molecule has 0 atom stereocenters. The van der Waals surface area contributed by atoms with E-state index in [0.717, 1.165) is 36.5 Å². The maximum absolute atomic E-state index is 12.6. The Labute approximate surface area is 209 Å². The van der Waals surface area contributed by atoms with Crippen LogP contribution in [0.2, 0.25) is 0 Å². The monoisotopic (exact) mass is 491 g/mol. The number of hydrogen-bond donors (Lipinski definition) is 1. The van der Waals surface area contributed by atoms with E-state index >= 15 is 0 Å². The molecule has 0 aromatic heterocycles. The molecule has 0 fully saturated rings. The lowest BCUT2D eigenvalue weighted by atomic mass is 10.0. The van der Waals surface area contributed by atoms with Crippen molar-refractivity contribution in [3.63, 3.8) is 0 Å². The molecule has 0 radical (unpaired) electrons. The fourth-order valence-electron chi connectivity index (χ4n) is 3.66. The van der Waals surface area contributed by atoms with E-state index in [2.05, 4.69) is 6.92 Å². The molecule has 1 N–H and O–H groups in total. The minimum atomic E-state index is -0.999. The largest absolute Gasteiger partial charge is 0.487 e. The Balaban J connectivity index is 1.60. The predicted octanol–water partition coefficient (Wildman–Crippen LogP) is 6.92. The molecule has 8 nitrogen and oxygen atoms in total. The van der Waals surface area contributed by atoms with Crippen LogP contribution >= 0.6 is 0 Å². The van der Waals surface area contributed by atoms with E-state index in [1.54, 1.807) is 36.4 Å². The number of ether oxygens (including phenoxy) is 2. The zero-order valence-electron chi connectivity index (χ0n) is 20.1. The van der Waals surface area contributed by atoms with Crippen LogP contribution in [0.15, 0.2) is 66.7 Å². The first-order chi connectivity index (χ1) is 17.4. The standard InChI is InChI=1S/C28H29NO7/c1-2-3-4-5-6-7-18-35-26-17-14-23(19-25(26)29(33)34)28(32)36-24-15-12-21(13-16-24)20-8-10-22(11-9-20)27(30)31/h8-17,19H,2-7,18H2,1H3,(H,30,31). The van der Waals surface area contributed by atoms with E-state index in [1.165, 1.54) is 43.5 Å². The smallest absolute Gasteiger partial charge is 0.343 e. The van der Waals surface area contributed by atoms with E-state index in [1.807, 2.05) is 0 Å². The van der Waals surface area contributed by atoms with Crippen LogP contribution in [0.25, 0.3) is 11.1 Å². The second kappa shape index (κ2) is 13.0. The number of nitro groups is 1. The number of hydrogen-bond acceptors (Lipinski definition) is 6. The summed E-state index contributed by atoms with van der Waals surface area (Å²) in [4.78, 5) is 34.6. The summed E-state index contributed by atoms with van der Waals surface area (Å²) in [6.45, 7) is 2.53. The number of aromatic carboxylic acids is 1. The summed E-state index contributed by atoms with van der Waals surface area (Å²) in [6, 6.07) is 17.1. The summed E-state index contributed by atoms with van der Waals surface area (Å²) in [5, 5.41) is 20.5. The number of nitrogens with zero attached hydrogens (tertiary/aromatic N) is 1. The van der Waals surface area contributed by atoms with Crippen LogP contribution < -0.4 is 9.47 Å². The molecule has 36 heavy (non-hydrogen) atoms. The molecule has 0 spiro atoms. The fourth-order valence-corrected chi connectivity index (χ4v) is 3.66. The Kier molecular flexibility index (Phi) is 9.56. The Morgan fingerprint density at radius 1 is 0.833 bits per heavy atom. The minimum Gasteiger partial charge on any atom is -0.487 e. The van der Waals surface area contributed by atoms with Crippen molar-refractivity contribution < 1.29 is 29.1 Å². The number of carbonyl (C=O) groups excluding carboxylic acids is 1. The van der Waals surface area contributed by atoms with Crippen LogP contribution in [-0.2, 0) is 0 Å². The maximum atomic E-state index is 12.6. The number of carboxylic acid groups (broad SMARTS) is 1. The van der Waals surface area contributed by atoms with Crippen LogP contribution in [0.3, 0.4) is 0 Å². The first kappa shape index (κ1) is 26.4. The summed E-state index contributed by atoms with van der Waals surface area (Å²) in [5.41, 5.74) is 1.58. The van der Waals surface area contributed by atoms with Crippen LogP contribution in [-0.4, -0.2) is 28.6 Å². The van der Waals surface area contributed by atoms with Crippen LogP contribution in [0.4, 0.5) is 5.69 Å². The van der Waals surface area contributed by atoms with Gasteiger partial charge >= 0.3 is 17.6 Å². The summed E-state index contributed by atoms with van der Waals surface area (Å²) in [7, 11) is 0. The van der Waals surface area contributed by atoms with Crippen molar-refractivity contribution >= 4 is 17.6 Å². The number of esters is 1. The third kappa shape index (κ3) is 7.40. The molecule has 0 aliphatic rings. The number of carbonyl (C=O) groups is 2. The Hall–Kier alpha value is -4.20. The molecule has 3 aromatic rings. The highest BCUT2D eigenvalue weighted by molar-refractivity contribution is 5.92. The van der Waals surface area contributed by atoms with Gasteiger partial charge in [0, 0.05) is 6.07 Å². The van der Waals surface area contributed by atoms with Gasteiger partial charge in [0.15, 0.2) is 5.75 Å². The summed E-state index contributed by atoms with van der Waals surface area (Å²) in [5.74, 6) is -1.32. The molecule has 0 aliphatic heterocycles. The average molecular weight is 492 g/mol. The van der Waals surface area contributed by atoms with E-state index in [-0.39, 0.29) is 28.3 Å². The van der Waals surface area contributed by atoms with Gasteiger partial charge in [-0.1, -0.05) is 63.3 Å². The van der Waals surface area contributed by atoms with Crippen molar-refractivity contribution in [3.05, 3.63) is 88.0 Å². The molecule has 3 rings (SSSR count). The second-order valence-electron chi connectivity index (χ2n) is 8.35. The van der Waals surface area contributed by atoms with E-state index < -0.39 is 16.9 Å². The summed E-state index contributed by atoms with van der Waals surface area (Å²) in [6.07, 6.45) is 6.48. The molecule has 0 unspecified atom stereocenters. The van der Waals surface area contributed by atoms with Gasteiger partial charge in [0.05, 0.1) is 22.7 Å². The highest BCUT2D eigenvalue weighted by Gasteiger charge is 2.20. The van der Waals surface area contributed by atoms with Gasteiger partial charge < -0.3 is 14.6 Å². The van der Waals surface area contributed by atoms with Crippen molar-refractivity contribution in [2.45, 2.75) is 45.4 Å². The molecule has 0 saturated heterocycles. The number of carboxylic acids is 1. The molecule has 0 aliphatic carbocycles. The molecule has 8 heteroatoms. The maximum Gasteiger partial charge on any atom is 0.343 e. The number of nitro benzene ring substituents is 1. The van der Waals surface area contributed by atoms with Crippen molar-refractivity contribution in [2.75, 3.05) is 6.61 Å². The van der Waals surface area contributed by atoms with E-state index in [4.69, 9.17) is 14.6 Å². The summed E-state index contributed by atoms with van der Waals surface area (Å²) >= 11 is 0. The lowest BCUT2D eigenvalue weighted by Crippen LogP contribution is -2.09. The Morgan fingerprint density at radius 2 is 1.42 bits per heavy atom. The van der Waals surface area contributed by atoms with E-state index in [0.29, 0.717) is 6.61 Å². The SMILES string of the molecule is CCCCCCCCOc1ccc(C(=O)Oc2ccc(-c3ccc(C(=O)O)cc3)cc2)cc1[N+](=O)[O-].